The summed E-state index contributed by atoms with van der Waals surface area (Å²) in [4.78, 5) is 27.0. The smallest absolute Gasteiger partial charge is 0.260 e. The predicted molar refractivity (Wildman–Crippen MR) is 57.2 cm³/mol. The molecule has 1 aliphatic rings. The lowest BCUT2D eigenvalue weighted by atomic mass is 9.92. The van der Waals surface area contributed by atoms with E-state index in [0.717, 1.165) is 0 Å². The third-order valence-electron chi connectivity index (χ3n) is 2.49. The molecule has 0 aromatic carbocycles. The molecule has 2 unspecified atom stereocenters. The summed E-state index contributed by atoms with van der Waals surface area (Å²) in [6.07, 6.45) is 0.638. The van der Waals surface area contributed by atoms with Crippen molar-refractivity contribution < 1.29 is 9.59 Å². The molecule has 0 aromatic heterocycles. The lowest BCUT2D eigenvalue weighted by Gasteiger charge is -2.24. The van der Waals surface area contributed by atoms with Gasteiger partial charge in [-0.15, -0.1) is 0 Å². The Morgan fingerprint density at radius 2 is 2.07 bits per heavy atom. The van der Waals surface area contributed by atoms with E-state index in [4.69, 9.17) is 5.73 Å². The molecule has 2 amide bonds. The van der Waals surface area contributed by atoms with Crippen LogP contribution in [-0.4, -0.2) is 23.7 Å². The van der Waals surface area contributed by atoms with Gasteiger partial charge in [-0.2, -0.15) is 4.99 Å². The molecule has 2 atom stereocenters. The summed E-state index contributed by atoms with van der Waals surface area (Å²) in [5, 5.41) is 2.59. The Morgan fingerprint density at radius 3 is 2.47 bits per heavy atom. The van der Waals surface area contributed by atoms with E-state index in [-0.39, 0.29) is 23.8 Å². The Kier molecular flexibility index (Phi) is 3.57. The Balaban J connectivity index is 2.90. The maximum atomic E-state index is 11.6. The average molecular weight is 211 g/mol. The Bertz CT molecular complexity index is 310. The lowest BCUT2D eigenvalue weighted by Crippen LogP contribution is -2.52. The van der Waals surface area contributed by atoms with Gasteiger partial charge in [-0.1, -0.05) is 20.8 Å². The average Bonchev–Trinajstić information content (AvgIpc) is 2.14. The minimum absolute atomic E-state index is 0.0411. The molecule has 0 saturated heterocycles. The number of carbonyl (C=O) groups is 2. The Morgan fingerprint density at radius 1 is 1.47 bits per heavy atom. The van der Waals surface area contributed by atoms with Crippen LogP contribution in [0.25, 0.3) is 0 Å². The molecule has 1 rings (SSSR count). The zero-order valence-electron chi connectivity index (χ0n) is 9.28. The fourth-order valence-electron chi connectivity index (χ4n) is 1.49. The van der Waals surface area contributed by atoms with Crippen LogP contribution in [0, 0.1) is 11.8 Å². The second-order valence-electron chi connectivity index (χ2n) is 4.06. The van der Waals surface area contributed by atoms with Gasteiger partial charge in [-0.3, -0.25) is 9.59 Å². The number of nitrogens with zero attached hydrogens (tertiary/aromatic N) is 1. The van der Waals surface area contributed by atoms with Crippen molar-refractivity contribution in [2.75, 3.05) is 0 Å². The van der Waals surface area contributed by atoms with Gasteiger partial charge in [0.1, 0.15) is 11.8 Å². The molecule has 0 aromatic rings. The van der Waals surface area contributed by atoms with Gasteiger partial charge in [-0.25, -0.2) is 0 Å². The van der Waals surface area contributed by atoms with Crippen LogP contribution in [0.4, 0.5) is 0 Å². The largest absolute Gasteiger partial charge is 0.321 e. The highest BCUT2D eigenvalue weighted by Crippen LogP contribution is 2.16. The molecule has 1 aliphatic heterocycles. The van der Waals surface area contributed by atoms with Gasteiger partial charge in [0.05, 0.1) is 6.04 Å². The molecule has 3 N–H and O–H groups in total. The van der Waals surface area contributed by atoms with E-state index in [1.54, 1.807) is 0 Å². The van der Waals surface area contributed by atoms with Gasteiger partial charge in [0.25, 0.3) is 5.91 Å². The first kappa shape index (κ1) is 11.8. The van der Waals surface area contributed by atoms with Crippen LogP contribution in [0.5, 0.6) is 0 Å². The van der Waals surface area contributed by atoms with E-state index in [9.17, 15) is 9.59 Å². The number of nitrogens with one attached hydrogen (secondary N) is 1. The van der Waals surface area contributed by atoms with Gasteiger partial charge in [0, 0.05) is 0 Å². The third-order valence-corrected chi connectivity index (χ3v) is 2.49. The highest BCUT2D eigenvalue weighted by atomic mass is 16.2. The van der Waals surface area contributed by atoms with E-state index < -0.39 is 5.92 Å². The van der Waals surface area contributed by atoms with Crippen LogP contribution in [-0.2, 0) is 9.59 Å². The van der Waals surface area contributed by atoms with Crippen molar-refractivity contribution in [1.29, 1.82) is 0 Å². The summed E-state index contributed by atoms with van der Waals surface area (Å²) in [5.41, 5.74) is 5.70. The number of carbonyl (C=O) groups excluding carboxylic acids is 2. The molecule has 0 aliphatic carbocycles. The number of amides is 2. The number of hydrogen-bond donors (Lipinski definition) is 2. The topological polar surface area (TPSA) is 84.5 Å². The normalized spacial score (nSPS) is 23.8. The summed E-state index contributed by atoms with van der Waals surface area (Å²) < 4.78 is 0. The van der Waals surface area contributed by atoms with Crippen molar-refractivity contribution in [3.63, 3.8) is 0 Å². The highest BCUT2D eigenvalue weighted by Gasteiger charge is 2.35. The monoisotopic (exact) mass is 211 g/mol. The first-order valence-electron chi connectivity index (χ1n) is 5.16. The molecule has 15 heavy (non-hydrogen) atoms. The summed E-state index contributed by atoms with van der Waals surface area (Å²) in [7, 11) is 0. The van der Waals surface area contributed by atoms with Gasteiger partial charge >= 0.3 is 0 Å². The van der Waals surface area contributed by atoms with Crippen molar-refractivity contribution >= 4 is 17.6 Å². The number of aliphatic imine (C=N–C) groups is 1. The van der Waals surface area contributed by atoms with Gasteiger partial charge < -0.3 is 11.1 Å². The third kappa shape index (κ3) is 2.41. The highest BCUT2D eigenvalue weighted by molar-refractivity contribution is 6.17. The fraction of sp³-hybridized carbons (Fsp3) is 0.700. The van der Waals surface area contributed by atoms with Gasteiger partial charge in [0.2, 0.25) is 5.91 Å². The number of amidine groups is 1. The van der Waals surface area contributed by atoms with Crippen molar-refractivity contribution in [2.24, 2.45) is 22.6 Å². The van der Waals surface area contributed by atoms with E-state index >= 15 is 0 Å². The molecular weight excluding hydrogens is 194 g/mol. The molecule has 0 spiro atoms. The van der Waals surface area contributed by atoms with Crippen LogP contribution < -0.4 is 11.1 Å². The molecule has 1 heterocycles. The molecule has 0 fully saturated rings. The lowest BCUT2D eigenvalue weighted by molar-refractivity contribution is -0.135. The minimum Gasteiger partial charge on any atom is -0.321 e. The molecule has 0 saturated carbocycles. The summed E-state index contributed by atoms with van der Waals surface area (Å²) >= 11 is 0. The number of hydrogen-bond acceptors (Lipinski definition) is 3. The van der Waals surface area contributed by atoms with E-state index in [1.807, 2.05) is 20.8 Å². The maximum Gasteiger partial charge on any atom is 0.260 e. The van der Waals surface area contributed by atoms with Crippen LogP contribution in [0.15, 0.2) is 4.99 Å². The summed E-state index contributed by atoms with van der Waals surface area (Å²) in [6, 6.07) is -0.369. The molecule has 0 bridgehead atoms. The van der Waals surface area contributed by atoms with Crippen LogP contribution in [0.1, 0.15) is 27.2 Å². The van der Waals surface area contributed by atoms with Gasteiger partial charge in [0.15, 0.2) is 0 Å². The van der Waals surface area contributed by atoms with Crippen molar-refractivity contribution in [2.45, 2.75) is 33.2 Å². The standard InChI is InChI=1S/C10H17N3O2/c1-4-6(11)8-12-9(14)7(5(2)3)10(15)13-8/h5-7H,4,11H2,1-3H3,(H,12,13,14,15). The Labute approximate surface area is 89.1 Å². The number of rotatable bonds is 3. The quantitative estimate of drug-likeness (QED) is 0.647. The molecule has 5 heteroatoms. The van der Waals surface area contributed by atoms with E-state index in [2.05, 4.69) is 10.3 Å². The summed E-state index contributed by atoms with van der Waals surface area (Å²) in [6.45, 7) is 5.52. The number of nitrogens with two attached hydrogens (primary N) is 1. The second-order valence-corrected chi connectivity index (χ2v) is 4.06. The van der Waals surface area contributed by atoms with Crippen LogP contribution in [0.3, 0.4) is 0 Å². The first-order chi connectivity index (χ1) is 6.97. The SMILES string of the molecule is CCC(N)C1=NC(=O)C(C(C)C)C(=O)N1. The van der Waals surface area contributed by atoms with Crippen molar-refractivity contribution in [3.8, 4) is 0 Å². The Hall–Kier alpha value is -1.23. The first-order valence-corrected chi connectivity index (χ1v) is 5.16. The zero-order valence-corrected chi connectivity index (χ0v) is 9.28. The maximum absolute atomic E-state index is 11.6. The van der Waals surface area contributed by atoms with E-state index in [1.165, 1.54) is 0 Å². The minimum atomic E-state index is -0.669. The van der Waals surface area contributed by atoms with Crippen molar-refractivity contribution in [3.05, 3.63) is 0 Å². The fourth-order valence-corrected chi connectivity index (χ4v) is 1.49. The van der Waals surface area contributed by atoms with Crippen LogP contribution >= 0.6 is 0 Å². The molecule has 0 radical (unpaired) electrons. The van der Waals surface area contributed by atoms with E-state index in [0.29, 0.717) is 12.3 Å². The molecular formula is C10H17N3O2. The second kappa shape index (κ2) is 4.53. The van der Waals surface area contributed by atoms with Crippen molar-refractivity contribution in [1.82, 2.24) is 5.32 Å². The summed E-state index contributed by atoms with van der Waals surface area (Å²) in [5.74, 6) is -1.08. The molecule has 84 valence electrons. The van der Waals surface area contributed by atoms with Crippen LogP contribution in [0.2, 0.25) is 0 Å². The molecule has 5 nitrogen and oxygen atoms in total. The zero-order chi connectivity index (χ0) is 11.6. The van der Waals surface area contributed by atoms with Gasteiger partial charge in [-0.05, 0) is 12.3 Å². The predicted octanol–water partition coefficient (Wildman–Crippen LogP) is 0.0508.